The quantitative estimate of drug-likeness (QED) is 0.177. The van der Waals surface area contributed by atoms with Gasteiger partial charge in [0, 0.05) is 23.0 Å². The molecule has 0 radical (unpaired) electrons. The molecule has 158 valence electrons. The number of nitrogens with zero attached hydrogens (tertiary/aromatic N) is 1. The maximum absolute atomic E-state index is 11.9. The number of nitro benzene ring substituents is 1. The predicted octanol–water partition coefficient (Wildman–Crippen LogP) is 4.13. The van der Waals surface area contributed by atoms with Gasteiger partial charge in [-0.15, -0.1) is 0 Å². The van der Waals surface area contributed by atoms with Crippen LogP contribution in [0.15, 0.2) is 53.0 Å². The first-order chi connectivity index (χ1) is 14.3. The van der Waals surface area contributed by atoms with Crippen molar-refractivity contribution in [3.8, 4) is 0 Å². The molecule has 0 atom stereocenters. The number of thiocarbonyl (C=S) groups is 1. The van der Waals surface area contributed by atoms with E-state index in [0.29, 0.717) is 23.2 Å². The summed E-state index contributed by atoms with van der Waals surface area (Å²) in [6, 6.07) is 14.0. The molecule has 0 aromatic heterocycles. The van der Waals surface area contributed by atoms with Crippen LogP contribution >= 0.6 is 28.1 Å². The largest absolute Gasteiger partial charge is 0.466 e. The molecule has 2 N–H and O–H groups in total. The van der Waals surface area contributed by atoms with Crippen LogP contribution in [-0.4, -0.2) is 28.5 Å². The van der Waals surface area contributed by atoms with Crippen molar-refractivity contribution in [3.05, 3.63) is 68.7 Å². The van der Waals surface area contributed by atoms with E-state index in [4.69, 9.17) is 17.0 Å². The fraction of sp³-hybridized carbons (Fsp3) is 0.250. The second-order valence-electron chi connectivity index (χ2n) is 6.23. The molecule has 10 heteroatoms. The highest BCUT2D eigenvalue weighted by molar-refractivity contribution is 9.10. The van der Waals surface area contributed by atoms with E-state index in [1.807, 2.05) is 30.3 Å². The summed E-state index contributed by atoms with van der Waals surface area (Å²) in [5, 5.41) is 16.0. The molecule has 0 saturated carbocycles. The van der Waals surface area contributed by atoms with Gasteiger partial charge in [0.25, 0.3) is 5.69 Å². The first-order valence-electron chi connectivity index (χ1n) is 9.09. The second kappa shape index (κ2) is 12.0. The van der Waals surface area contributed by atoms with Gasteiger partial charge in [-0.05, 0) is 52.6 Å². The predicted molar refractivity (Wildman–Crippen MR) is 120 cm³/mol. The molecule has 8 nitrogen and oxygen atoms in total. The summed E-state index contributed by atoms with van der Waals surface area (Å²) < 4.78 is 5.56. The lowest BCUT2D eigenvalue weighted by molar-refractivity contribution is -0.384. The number of benzene rings is 2. The molecule has 0 aliphatic carbocycles. The van der Waals surface area contributed by atoms with Crippen molar-refractivity contribution in [3.63, 3.8) is 0 Å². The van der Waals surface area contributed by atoms with Crippen LogP contribution in [0, 0.1) is 10.1 Å². The van der Waals surface area contributed by atoms with Gasteiger partial charge >= 0.3 is 5.97 Å². The molecule has 0 aliphatic heterocycles. The number of ether oxygens (including phenoxy) is 1. The number of hydrogen-bond acceptors (Lipinski definition) is 6. The van der Waals surface area contributed by atoms with Gasteiger partial charge in [0.05, 0.1) is 23.6 Å². The Bertz CT molecular complexity index is 924. The second-order valence-corrected chi connectivity index (χ2v) is 7.50. The Morgan fingerprint density at radius 2 is 1.87 bits per heavy atom. The zero-order chi connectivity index (χ0) is 21.9. The van der Waals surface area contributed by atoms with Crippen LogP contribution in [0.5, 0.6) is 0 Å². The van der Waals surface area contributed by atoms with Gasteiger partial charge < -0.3 is 15.4 Å². The molecule has 0 unspecified atom stereocenters. The van der Waals surface area contributed by atoms with Crippen molar-refractivity contribution in [2.24, 2.45) is 0 Å². The summed E-state index contributed by atoms with van der Waals surface area (Å²) in [6.45, 7) is 0.295. The Labute approximate surface area is 187 Å². The number of nitrogens with one attached hydrogen (secondary N) is 2. The van der Waals surface area contributed by atoms with Gasteiger partial charge in [-0.3, -0.25) is 19.7 Å². The van der Waals surface area contributed by atoms with Crippen LogP contribution in [0.3, 0.4) is 0 Å². The molecule has 0 spiro atoms. The molecule has 0 bridgehead atoms. The van der Waals surface area contributed by atoms with Crippen molar-refractivity contribution >= 4 is 56.5 Å². The average molecular weight is 494 g/mol. The number of carbonyl (C=O) groups excluding carboxylic acids is 2. The number of esters is 1. The summed E-state index contributed by atoms with van der Waals surface area (Å²) in [5.74, 6) is -0.887. The number of nitro groups is 1. The van der Waals surface area contributed by atoms with Gasteiger partial charge in [0.2, 0.25) is 5.91 Å². The topological polar surface area (TPSA) is 111 Å². The van der Waals surface area contributed by atoms with E-state index >= 15 is 0 Å². The number of amides is 1. The first kappa shape index (κ1) is 23.4. The fourth-order valence-corrected chi connectivity index (χ4v) is 3.15. The Hall–Kier alpha value is -2.85. The number of carbonyl (C=O) groups is 2. The minimum atomic E-state index is -0.518. The Morgan fingerprint density at radius 3 is 2.53 bits per heavy atom. The van der Waals surface area contributed by atoms with Crippen LogP contribution in [-0.2, 0) is 20.7 Å². The molecular formula is C20H20BrN3O5S. The minimum absolute atomic E-state index is 0.0192. The summed E-state index contributed by atoms with van der Waals surface area (Å²) in [6.07, 6.45) is 1.40. The van der Waals surface area contributed by atoms with Gasteiger partial charge in [0.1, 0.15) is 0 Å². The molecule has 1 amide bonds. The lowest BCUT2D eigenvalue weighted by atomic mass is 10.1. The van der Waals surface area contributed by atoms with Crippen molar-refractivity contribution in [2.75, 3.05) is 11.9 Å². The normalized spacial score (nSPS) is 10.2. The molecule has 30 heavy (non-hydrogen) atoms. The number of halogens is 1. The molecule has 2 aromatic carbocycles. The highest BCUT2D eigenvalue weighted by atomic mass is 79.9. The highest BCUT2D eigenvalue weighted by Gasteiger charge is 2.12. The standard InChI is InChI=1S/C20H20BrN3O5S/c21-16-13-15(24(27)28)8-9-17(16)22-20(30)23-18(25)10-11-19(26)29-12-4-7-14-5-2-1-3-6-14/h1-3,5-6,8-9,13H,4,7,10-12H2,(H2,22,23,25,30). The molecule has 0 heterocycles. The Kier molecular flexibility index (Phi) is 9.36. The van der Waals surface area contributed by atoms with E-state index in [1.54, 1.807) is 0 Å². The zero-order valence-corrected chi connectivity index (χ0v) is 18.3. The van der Waals surface area contributed by atoms with Crippen LogP contribution in [0.2, 0.25) is 0 Å². The van der Waals surface area contributed by atoms with E-state index in [2.05, 4.69) is 26.6 Å². The van der Waals surface area contributed by atoms with Crippen LogP contribution in [0.4, 0.5) is 11.4 Å². The Balaban J connectivity index is 1.65. The lowest BCUT2D eigenvalue weighted by Crippen LogP contribution is -2.34. The average Bonchev–Trinajstić information content (AvgIpc) is 2.71. The zero-order valence-electron chi connectivity index (χ0n) is 15.9. The van der Waals surface area contributed by atoms with Crippen molar-refractivity contribution < 1.29 is 19.2 Å². The number of aryl methyl sites for hydroxylation is 1. The SMILES string of the molecule is O=C(CCC(=O)OCCCc1ccccc1)NC(=S)Nc1ccc([N+](=O)[O-])cc1Br. The van der Waals surface area contributed by atoms with Gasteiger partial charge in [-0.2, -0.15) is 0 Å². The first-order valence-corrected chi connectivity index (χ1v) is 10.3. The lowest BCUT2D eigenvalue weighted by Gasteiger charge is -2.11. The summed E-state index contributed by atoms with van der Waals surface area (Å²) >= 11 is 8.26. The molecule has 0 fully saturated rings. The number of non-ortho nitro benzene ring substituents is 1. The minimum Gasteiger partial charge on any atom is -0.466 e. The fourth-order valence-electron chi connectivity index (χ4n) is 2.46. The van der Waals surface area contributed by atoms with Crippen molar-refractivity contribution in [1.29, 1.82) is 0 Å². The van der Waals surface area contributed by atoms with Gasteiger partial charge in [0.15, 0.2) is 5.11 Å². The number of rotatable bonds is 9. The Morgan fingerprint density at radius 1 is 1.13 bits per heavy atom. The summed E-state index contributed by atoms with van der Waals surface area (Å²) in [7, 11) is 0. The van der Waals surface area contributed by atoms with Gasteiger partial charge in [-0.25, -0.2) is 0 Å². The third kappa shape index (κ3) is 8.26. The number of anilines is 1. The molecule has 2 rings (SSSR count). The summed E-state index contributed by atoms with van der Waals surface area (Å²) in [4.78, 5) is 33.9. The molecule has 0 saturated heterocycles. The molecule has 0 aliphatic rings. The van der Waals surface area contributed by atoms with E-state index < -0.39 is 16.8 Å². The van der Waals surface area contributed by atoms with Gasteiger partial charge in [-0.1, -0.05) is 30.3 Å². The van der Waals surface area contributed by atoms with Crippen molar-refractivity contribution in [1.82, 2.24) is 5.32 Å². The van der Waals surface area contributed by atoms with Crippen LogP contribution < -0.4 is 10.6 Å². The monoisotopic (exact) mass is 493 g/mol. The summed E-state index contributed by atoms with van der Waals surface area (Å²) in [5.41, 5.74) is 1.56. The highest BCUT2D eigenvalue weighted by Crippen LogP contribution is 2.27. The maximum Gasteiger partial charge on any atom is 0.306 e. The van der Waals surface area contributed by atoms with E-state index in [9.17, 15) is 19.7 Å². The third-order valence-electron chi connectivity index (χ3n) is 3.94. The third-order valence-corrected chi connectivity index (χ3v) is 4.80. The molecular weight excluding hydrogens is 474 g/mol. The van der Waals surface area contributed by atoms with Crippen molar-refractivity contribution in [2.45, 2.75) is 25.7 Å². The van der Waals surface area contributed by atoms with E-state index in [0.717, 1.165) is 6.42 Å². The molecule has 2 aromatic rings. The van der Waals surface area contributed by atoms with E-state index in [-0.39, 0.29) is 23.6 Å². The van der Waals surface area contributed by atoms with E-state index in [1.165, 1.54) is 23.8 Å². The van der Waals surface area contributed by atoms with Crippen LogP contribution in [0.1, 0.15) is 24.8 Å². The van der Waals surface area contributed by atoms with Crippen LogP contribution in [0.25, 0.3) is 0 Å². The maximum atomic E-state index is 11.9. The smallest absolute Gasteiger partial charge is 0.306 e. The number of hydrogen-bond donors (Lipinski definition) is 2.